The van der Waals surface area contributed by atoms with Crippen LogP contribution >= 0.6 is 34.2 Å². The molecule has 108 valence electrons. The average molecular weight is 407 g/mol. The Kier molecular flexibility index (Phi) is 5.65. The van der Waals surface area contributed by atoms with E-state index in [0.29, 0.717) is 38.5 Å². The molecule has 6 heteroatoms. The van der Waals surface area contributed by atoms with Crippen LogP contribution in [0.3, 0.4) is 0 Å². The second-order valence-electron chi connectivity index (χ2n) is 4.59. The summed E-state index contributed by atoms with van der Waals surface area (Å²) in [7, 11) is 0. The van der Waals surface area contributed by atoms with Crippen molar-refractivity contribution in [2.75, 3.05) is 32.1 Å². The van der Waals surface area contributed by atoms with Crippen LogP contribution in [0.2, 0.25) is 0 Å². The highest BCUT2D eigenvalue weighted by Crippen LogP contribution is 2.15. The quantitative estimate of drug-likeness (QED) is 0.570. The van der Waals surface area contributed by atoms with Crippen LogP contribution in [0.1, 0.15) is 16.8 Å². The maximum Gasteiger partial charge on any atom is 0.255 e. The standard InChI is InChI=1S/C14H16ClIN2O2/c15-6-5-13(19)17-7-9-18(10-8-17)14(20)11-3-1-2-4-12(11)16/h1-4H,5-10H2. The Balaban J connectivity index is 1.96. The number of nitrogens with zero attached hydrogens (tertiary/aromatic N) is 2. The van der Waals surface area contributed by atoms with Crippen molar-refractivity contribution in [3.05, 3.63) is 33.4 Å². The highest BCUT2D eigenvalue weighted by atomic mass is 127. The number of benzene rings is 1. The van der Waals surface area contributed by atoms with E-state index in [2.05, 4.69) is 22.6 Å². The number of hydrogen-bond acceptors (Lipinski definition) is 2. The smallest absolute Gasteiger partial charge is 0.255 e. The lowest BCUT2D eigenvalue weighted by Crippen LogP contribution is -2.50. The maximum atomic E-state index is 12.4. The number of carbonyl (C=O) groups excluding carboxylic acids is 2. The first-order chi connectivity index (χ1) is 9.63. The molecule has 4 nitrogen and oxygen atoms in total. The minimum absolute atomic E-state index is 0.0412. The van der Waals surface area contributed by atoms with Gasteiger partial charge in [0.15, 0.2) is 0 Å². The van der Waals surface area contributed by atoms with E-state index >= 15 is 0 Å². The zero-order valence-electron chi connectivity index (χ0n) is 11.0. The number of rotatable bonds is 3. The molecule has 1 aromatic carbocycles. The molecule has 0 unspecified atom stereocenters. The molecule has 0 aliphatic carbocycles. The molecular weight excluding hydrogens is 391 g/mol. The van der Waals surface area contributed by atoms with Gasteiger partial charge >= 0.3 is 0 Å². The van der Waals surface area contributed by atoms with Gasteiger partial charge in [0, 0.05) is 42.1 Å². The predicted octanol–water partition coefficient (Wildman–Crippen LogP) is 2.20. The van der Waals surface area contributed by atoms with Gasteiger partial charge in [-0.25, -0.2) is 0 Å². The number of halogens is 2. The molecular formula is C14H16ClIN2O2. The molecule has 0 aromatic heterocycles. The Hall–Kier alpha value is -0.820. The lowest BCUT2D eigenvalue weighted by atomic mass is 10.2. The van der Waals surface area contributed by atoms with Crippen molar-refractivity contribution in [2.45, 2.75) is 6.42 Å². The van der Waals surface area contributed by atoms with Gasteiger partial charge in [-0.2, -0.15) is 0 Å². The van der Waals surface area contributed by atoms with Crippen LogP contribution < -0.4 is 0 Å². The van der Waals surface area contributed by atoms with E-state index in [1.165, 1.54) is 0 Å². The van der Waals surface area contributed by atoms with Crippen LogP contribution in [0.25, 0.3) is 0 Å². The van der Waals surface area contributed by atoms with Crippen molar-refractivity contribution in [2.24, 2.45) is 0 Å². The average Bonchev–Trinajstić information content (AvgIpc) is 2.47. The van der Waals surface area contributed by atoms with E-state index in [1.54, 1.807) is 4.90 Å². The van der Waals surface area contributed by atoms with Crippen LogP contribution in [0.15, 0.2) is 24.3 Å². The van der Waals surface area contributed by atoms with Crippen LogP contribution in [0.5, 0.6) is 0 Å². The molecule has 0 N–H and O–H groups in total. The van der Waals surface area contributed by atoms with Crippen molar-refractivity contribution >= 4 is 46.0 Å². The molecule has 0 spiro atoms. The summed E-state index contributed by atoms with van der Waals surface area (Å²) in [5.41, 5.74) is 0.730. The Morgan fingerprint density at radius 1 is 1.10 bits per heavy atom. The van der Waals surface area contributed by atoms with Gasteiger partial charge in [-0.15, -0.1) is 11.6 Å². The molecule has 1 heterocycles. The summed E-state index contributed by atoms with van der Waals surface area (Å²) in [6.45, 7) is 2.34. The molecule has 1 fully saturated rings. The molecule has 2 amide bonds. The molecule has 0 radical (unpaired) electrons. The van der Waals surface area contributed by atoms with E-state index in [-0.39, 0.29) is 11.8 Å². The highest BCUT2D eigenvalue weighted by Gasteiger charge is 2.25. The number of amides is 2. The van der Waals surface area contributed by atoms with Gasteiger partial charge in [0.2, 0.25) is 5.91 Å². The molecule has 20 heavy (non-hydrogen) atoms. The van der Waals surface area contributed by atoms with Crippen LogP contribution in [0.4, 0.5) is 0 Å². The monoisotopic (exact) mass is 406 g/mol. The van der Waals surface area contributed by atoms with Gasteiger partial charge in [-0.1, -0.05) is 12.1 Å². The first-order valence-electron chi connectivity index (χ1n) is 6.51. The fourth-order valence-electron chi connectivity index (χ4n) is 2.20. The molecule has 1 aliphatic rings. The molecule has 0 saturated carbocycles. The van der Waals surface area contributed by atoms with Gasteiger partial charge in [-0.05, 0) is 34.7 Å². The summed E-state index contributed by atoms with van der Waals surface area (Å²) < 4.78 is 0.954. The third-order valence-corrected chi connectivity index (χ3v) is 4.46. The minimum Gasteiger partial charge on any atom is -0.339 e. The van der Waals surface area contributed by atoms with Crippen LogP contribution in [-0.4, -0.2) is 53.7 Å². The zero-order valence-corrected chi connectivity index (χ0v) is 13.9. The van der Waals surface area contributed by atoms with Gasteiger partial charge in [0.1, 0.15) is 0 Å². The SMILES string of the molecule is O=C(CCCl)N1CCN(C(=O)c2ccccc2I)CC1. The lowest BCUT2D eigenvalue weighted by molar-refractivity contribution is -0.132. The summed E-state index contributed by atoms with van der Waals surface area (Å²) >= 11 is 7.75. The van der Waals surface area contributed by atoms with Crippen LogP contribution in [-0.2, 0) is 4.79 Å². The number of carbonyl (C=O) groups is 2. The molecule has 1 aliphatic heterocycles. The molecule has 0 bridgehead atoms. The Morgan fingerprint density at radius 2 is 1.70 bits per heavy atom. The minimum atomic E-state index is 0.0412. The van der Waals surface area contributed by atoms with Crippen molar-refractivity contribution in [3.8, 4) is 0 Å². The fraction of sp³-hybridized carbons (Fsp3) is 0.429. The maximum absolute atomic E-state index is 12.4. The van der Waals surface area contributed by atoms with Crippen molar-refractivity contribution in [1.82, 2.24) is 9.80 Å². The van der Waals surface area contributed by atoms with Crippen molar-refractivity contribution < 1.29 is 9.59 Å². The topological polar surface area (TPSA) is 40.6 Å². The van der Waals surface area contributed by atoms with E-state index in [1.807, 2.05) is 29.2 Å². The summed E-state index contributed by atoms with van der Waals surface area (Å²) in [6, 6.07) is 7.56. The summed E-state index contributed by atoms with van der Waals surface area (Å²) in [5, 5.41) is 0. The Labute approximate surface area is 137 Å². The summed E-state index contributed by atoms with van der Waals surface area (Å²) in [4.78, 5) is 27.7. The van der Waals surface area contributed by atoms with Gasteiger partial charge in [-0.3, -0.25) is 9.59 Å². The lowest BCUT2D eigenvalue weighted by Gasteiger charge is -2.35. The molecule has 0 atom stereocenters. The zero-order chi connectivity index (χ0) is 14.5. The normalized spacial score (nSPS) is 15.3. The fourth-order valence-corrected chi connectivity index (χ4v) is 2.98. The van der Waals surface area contributed by atoms with E-state index in [9.17, 15) is 9.59 Å². The third-order valence-electron chi connectivity index (χ3n) is 3.33. The van der Waals surface area contributed by atoms with Gasteiger partial charge in [0.05, 0.1) is 5.56 Å². The van der Waals surface area contributed by atoms with Gasteiger partial charge in [0.25, 0.3) is 5.91 Å². The largest absolute Gasteiger partial charge is 0.339 e. The second-order valence-corrected chi connectivity index (χ2v) is 6.13. The predicted molar refractivity (Wildman–Crippen MR) is 87.0 cm³/mol. The van der Waals surface area contributed by atoms with E-state index in [0.717, 1.165) is 9.13 Å². The van der Waals surface area contributed by atoms with Crippen LogP contribution in [0, 0.1) is 3.57 Å². The van der Waals surface area contributed by atoms with E-state index < -0.39 is 0 Å². The highest BCUT2D eigenvalue weighted by molar-refractivity contribution is 14.1. The number of piperazine rings is 1. The molecule has 1 aromatic rings. The molecule has 1 saturated heterocycles. The van der Waals surface area contributed by atoms with Crippen molar-refractivity contribution in [3.63, 3.8) is 0 Å². The van der Waals surface area contributed by atoms with Crippen molar-refractivity contribution in [1.29, 1.82) is 0 Å². The third kappa shape index (κ3) is 3.63. The number of alkyl halides is 1. The Bertz CT molecular complexity index is 502. The van der Waals surface area contributed by atoms with Gasteiger partial charge < -0.3 is 9.80 Å². The Morgan fingerprint density at radius 3 is 2.30 bits per heavy atom. The summed E-state index contributed by atoms with van der Waals surface area (Å²) in [6.07, 6.45) is 0.367. The summed E-state index contributed by atoms with van der Waals surface area (Å²) in [5.74, 6) is 0.459. The van der Waals surface area contributed by atoms with E-state index in [4.69, 9.17) is 11.6 Å². The second kappa shape index (κ2) is 7.26. The molecule has 2 rings (SSSR count). The first-order valence-corrected chi connectivity index (χ1v) is 8.12. The first kappa shape index (κ1) is 15.6. The number of hydrogen-bond donors (Lipinski definition) is 0.